The number of alkyl carbamates (subject to hydrolysis) is 1. The summed E-state index contributed by atoms with van der Waals surface area (Å²) in [6.07, 6.45) is 3.04. The molecule has 78 heavy (non-hydrogen) atoms. The van der Waals surface area contributed by atoms with Crippen molar-refractivity contribution < 1.29 is 52.5 Å². The second-order valence-electron chi connectivity index (χ2n) is 23.5. The number of carbonyl (C=O) groups excluding carboxylic acids is 7. The SMILES string of the molecule is CC(C)(C)OC(=O)CC[C@H](NC(=O)N[C@@H](CCCCNC(=O)[C@H](Cc1ccc(-c2ccccc2)cc1)NC(=O)C1CCC(CNC(=O)OCC2c3ccccc3-c3ccccc32)CC1)C(=O)OC(C)(C)C)C(=O)OC(C)(C)C. The van der Waals surface area contributed by atoms with E-state index in [4.69, 9.17) is 18.9 Å². The Morgan fingerprint density at radius 1 is 0.551 bits per heavy atom. The zero-order valence-corrected chi connectivity index (χ0v) is 47.0. The van der Waals surface area contributed by atoms with Crippen molar-refractivity contribution in [2.75, 3.05) is 19.7 Å². The van der Waals surface area contributed by atoms with Crippen molar-refractivity contribution in [3.63, 3.8) is 0 Å². The summed E-state index contributed by atoms with van der Waals surface area (Å²) < 4.78 is 22.4. The molecule has 2 aliphatic rings. The zero-order chi connectivity index (χ0) is 56.6. The van der Waals surface area contributed by atoms with E-state index in [-0.39, 0.29) is 68.4 Å². The highest BCUT2D eigenvalue weighted by atomic mass is 16.6. The number of ether oxygens (including phenoxy) is 4. The minimum atomic E-state index is -1.23. The topological polar surface area (TPSA) is 217 Å². The second kappa shape index (κ2) is 27.4. The fraction of sp³-hybridized carbons (Fsp3) is 0.500. The Labute approximate surface area is 460 Å². The first-order valence-electron chi connectivity index (χ1n) is 27.5. The molecule has 0 radical (unpaired) electrons. The number of esters is 3. The van der Waals surface area contributed by atoms with Gasteiger partial charge in [0.05, 0.1) is 0 Å². The molecule has 4 aromatic rings. The first-order chi connectivity index (χ1) is 36.9. The summed E-state index contributed by atoms with van der Waals surface area (Å²) in [5, 5.41) is 14.2. The monoisotopic (exact) mass is 1070 g/mol. The zero-order valence-electron chi connectivity index (χ0n) is 47.0. The second-order valence-corrected chi connectivity index (χ2v) is 23.5. The third-order valence-corrected chi connectivity index (χ3v) is 13.5. The maximum atomic E-state index is 14.0. The van der Waals surface area contributed by atoms with E-state index in [1.54, 1.807) is 62.3 Å². The van der Waals surface area contributed by atoms with Crippen LogP contribution < -0.4 is 26.6 Å². The van der Waals surface area contributed by atoms with Crippen LogP contribution in [0.3, 0.4) is 0 Å². The number of unbranched alkanes of at least 4 members (excludes halogenated alkanes) is 1. The van der Waals surface area contributed by atoms with Crippen molar-refractivity contribution in [1.82, 2.24) is 26.6 Å². The minimum absolute atomic E-state index is 0.0366. The lowest BCUT2D eigenvalue weighted by molar-refractivity contribution is -0.159. The van der Waals surface area contributed by atoms with E-state index < -0.39 is 65.0 Å². The Morgan fingerprint density at radius 2 is 1.08 bits per heavy atom. The third-order valence-electron chi connectivity index (χ3n) is 13.5. The van der Waals surface area contributed by atoms with E-state index in [0.717, 1.165) is 51.8 Å². The summed E-state index contributed by atoms with van der Waals surface area (Å²) in [6.45, 7) is 16.2. The van der Waals surface area contributed by atoms with Crippen LogP contribution in [0.1, 0.15) is 143 Å². The highest BCUT2D eigenvalue weighted by Crippen LogP contribution is 2.44. The molecule has 2 aliphatic carbocycles. The van der Waals surface area contributed by atoms with Gasteiger partial charge in [-0.1, -0.05) is 103 Å². The molecule has 1 fully saturated rings. The molecule has 5 N–H and O–H groups in total. The molecule has 16 nitrogen and oxygen atoms in total. The number of nitrogens with one attached hydrogen (secondary N) is 5. The average molecular weight is 1070 g/mol. The van der Waals surface area contributed by atoms with Gasteiger partial charge in [0.15, 0.2) is 0 Å². The maximum absolute atomic E-state index is 14.0. The summed E-state index contributed by atoms with van der Waals surface area (Å²) in [4.78, 5) is 93.7. The molecule has 0 heterocycles. The number of rotatable bonds is 22. The van der Waals surface area contributed by atoms with E-state index in [0.29, 0.717) is 32.2 Å². The molecule has 3 atom stereocenters. The Kier molecular flexibility index (Phi) is 21.1. The van der Waals surface area contributed by atoms with Gasteiger partial charge in [0.25, 0.3) is 0 Å². The molecule has 16 heteroatoms. The van der Waals surface area contributed by atoms with Crippen LogP contribution in [0.2, 0.25) is 0 Å². The molecule has 6 rings (SSSR count). The Morgan fingerprint density at radius 3 is 1.64 bits per heavy atom. The van der Waals surface area contributed by atoms with Crippen LogP contribution in [0.15, 0.2) is 103 Å². The molecule has 0 aliphatic heterocycles. The first kappa shape index (κ1) is 60.0. The normalized spacial score (nSPS) is 16.4. The van der Waals surface area contributed by atoms with Gasteiger partial charge in [-0.3, -0.25) is 14.4 Å². The van der Waals surface area contributed by atoms with Crippen LogP contribution in [0, 0.1) is 11.8 Å². The fourth-order valence-electron chi connectivity index (χ4n) is 9.77. The summed E-state index contributed by atoms with van der Waals surface area (Å²) in [5.41, 5.74) is 5.05. The molecule has 420 valence electrons. The van der Waals surface area contributed by atoms with Gasteiger partial charge in [-0.05, 0) is 159 Å². The van der Waals surface area contributed by atoms with Crippen LogP contribution in [0.5, 0.6) is 0 Å². The van der Waals surface area contributed by atoms with Gasteiger partial charge in [-0.15, -0.1) is 0 Å². The van der Waals surface area contributed by atoms with Crippen molar-refractivity contribution in [3.8, 4) is 22.3 Å². The molecular weight excluding hydrogens is 991 g/mol. The molecular formula is C62H81N5O11. The van der Waals surface area contributed by atoms with Crippen molar-refractivity contribution in [3.05, 3.63) is 120 Å². The fourth-order valence-corrected chi connectivity index (χ4v) is 9.77. The lowest BCUT2D eigenvalue weighted by Gasteiger charge is -2.29. The predicted octanol–water partition coefficient (Wildman–Crippen LogP) is 9.85. The Hall–Kier alpha value is -7.23. The van der Waals surface area contributed by atoms with Gasteiger partial charge in [0, 0.05) is 37.8 Å². The van der Waals surface area contributed by atoms with Crippen molar-refractivity contribution in [1.29, 1.82) is 0 Å². The molecule has 0 unspecified atom stereocenters. The number of fused-ring (bicyclic) bond motifs is 3. The molecule has 0 spiro atoms. The number of urea groups is 1. The highest BCUT2D eigenvalue weighted by molar-refractivity contribution is 5.89. The highest BCUT2D eigenvalue weighted by Gasteiger charge is 2.34. The number of amides is 5. The van der Waals surface area contributed by atoms with Crippen LogP contribution >= 0.6 is 0 Å². The van der Waals surface area contributed by atoms with Gasteiger partial charge in [0.2, 0.25) is 11.8 Å². The number of hydrogen-bond donors (Lipinski definition) is 5. The van der Waals surface area contributed by atoms with E-state index in [1.165, 1.54) is 0 Å². The van der Waals surface area contributed by atoms with Crippen LogP contribution in [0.4, 0.5) is 9.59 Å². The average Bonchev–Trinajstić information content (AvgIpc) is 3.78. The smallest absolute Gasteiger partial charge is 0.407 e. The Bertz CT molecular complexity index is 2640. The Balaban J connectivity index is 1.02. The predicted molar refractivity (Wildman–Crippen MR) is 299 cm³/mol. The van der Waals surface area contributed by atoms with E-state index in [1.807, 2.05) is 78.9 Å². The lowest BCUT2D eigenvalue weighted by Crippen LogP contribution is -2.53. The van der Waals surface area contributed by atoms with Crippen molar-refractivity contribution in [2.24, 2.45) is 11.8 Å². The molecule has 5 amide bonds. The van der Waals surface area contributed by atoms with Crippen molar-refractivity contribution in [2.45, 2.75) is 167 Å². The maximum Gasteiger partial charge on any atom is 0.407 e. The van der Waals surface area contributed by atoms with Crippen LogP contribution in [-0.2, 0) is 49.3 Å². The van der Waals surface area contributed by atoms with E-state index in [9.17, 15) is 33.6 Å². The quantitative estimate of drug-likeness (QED) is 0.0284. The van der Waals surface area contributed by atoms with E-state index in [2.05, 4.69) is 50.8 Å². The summed E-state index contributed by atoms with van der Waals surface area (Å²) in [6, 6.07) is 30.2. The lowest BCUT2D eigenvalue weighted by atomic mass is 9.81. The first-order valence-corrected chi connectivity index (χ1v) is 27.5. The van der Waals surface area contributed by atoms with Gasteiger partial charge >= 0.3 is 30.0 Å². The number of carbonyl (C=O) groups is 7. The minimum Gasteiger partial charge on any atom is -0.460 e. The van der Waals surface area contributed by atoms with Crippen LogP contribution in [0.25, 0.3) is 22.3 Å². The molecule has 4 aromatic carbocycles. The molecule has 0 saturated heterocycles. The molecule has 0 aromatic heterocycles. The van der Waals surface area contributed by atoms with Crippen molar-refractivity contribution >= 4 is 41.8 Å². The largest absolute Gasteiger partial charge is 0.460 e. The summed E-state index contributed by atoms with van der Waals surface area (Å²) in [5.74, 6) is -2.75. The van der Waals surface area contributed by atoms with Gasteiger partial charge in [0.1, 0.15) is 41.5 Å². The van der Waals surface area contributed by atoms with Gasteiger partial charge in [-0.25, -0.2) is 19.2 Å². The number of hydrogen-bond acceptors (Lipinski definition) is 11. The third kappa shape index (κ3) is 19.0. The van der Waals surface area contributed by atoms with Crippen LogP contribution in [-0.4, -0.2) is 96.5 Å². The summed E-state index contributed by atoms with van der Waals surface area (Å²) in [7, 11) is 0. The van der Waals surface area contributed by atoms with E-state index >= 15 is 0 Å². The summed E-state index contributed by atoms with van der Waals surface area (Å²) >= 11 is 0. The molecule has 1 saturated carbocycles. The number of benzene rings is 4. The standard InChI is InChI=1S/C62H81N5O11/c1-60(2,3)76-53(68)35-34-51(57(72)78-62(7,8)9)67-58(73)66-50(56(71)77-61(4,5)6)25-17-18-36-63-55(70)52(37-40-26-30-43(31-27-40)42-19-11-10-12-20-42)65-54(69)44-32-28-41(29-33-44)38-64-59(74)75-39-49-47-23-15-13-21-45(47)46-22-14-16-24-48(46)49/h10-16,19-24,26-27,30-31,41,44,49-52H,17-18,25,28-29,32-39H2,1-9H3,(H,63,70)(H,64,74)(H,65,69)(H2,66,67,73)/t41?,44?,50-,51-,52-/m0/s1. The molecule has 0 bridgehead atoms. The van der Waals surface area contributed by atoms with Gasteiger partial charge < -0.3 is 45.5 Å². The van der Waals surface area contributed by atoms with Gasteiger partial charge in [-0.2, -0.15) is 0 Å².